The number of hydrogen-bond acceptors (Lipinski definition) is 4. The summed E-state index contributed by atoms with van der Waals surface area (Å²) in [4.78, 5) is 17.0. The van der Waals surface area contributed by atoms with Crippen LogP contribution in [-0.2, 0) is 9.53 Å². The van der Waals surface area contributed by atoms with E-state index in [1.807, 2.05) is 18.7 Å². The van der Waals surface area contributed by atoms with Crippen LogP contribution in [0, 0.1) is 0 Å². The highest BCUT2D eigenvalue weighted by Gasteiger charge is 2.44. The third-order valence-electron chi connectivity index (χ3n) is 4.22. The highest BCUT2D eigenvalue weighted by molar-refractivity contribution is 5.87. The number of hydrogen-bond donors (Lipinski definition) is 1. The van der Waals surface area contributed by atoms with Gasteiger partial charge in [-0.1, -0.05) is 0 Å². The van der Waals surface area contributed by atoms with E-state index >= 15 is 0 Å². The van der Waals surface area contributed by atoms with Crippen LogP contribution in [0.3, 0.4) is 0 Å². The summed E-state index contributed by atoms with van der Waals surface area (Å²) < 4.78 is 5.35. The predicted molar refractivity (Wildman–Crippen MR) is 75.1 cm³/mol. The molecule has 0 aromatic rings. The Kier molecular flexibility index (Phi) is 4.18. The van der Waals surface area contributed by atoms with E-state index in [4.69, 9.17) is 4.74 Å². The van der Waals surface area contributed by atoms with E-state index in [-0.39, 0.29) is 11.4 Å². The Morgan fingerprint density at radius 3 is 2.42 bits per heavy atom. The molecule has 0 spiro atoms. The second kappa shape index (κ2) is 5.38. The zero-order chi connectivity index (χ0) is 14.1. The average molecular weight is 269 g/mol. The van der Waals surface area contributed by atoms with E-state index in [0.29, 0.717) is 0 Å². The lowest BCUT2D eigenvalue weighted by Crippen LogP contribution is -2.70. The summed E-state index contributed by atoms with van der Waals surface area (Å²) in [6, 6.07) is 0. The zero-order valence-corrected chi connectivity index (χ0v) is 12.7. The number of ether oxygens (including phenoxy) is 1. The summed E-state index contributed by atoms with van der Waals surface area (Å²) in [5.74, 6) is 0.206. The normalized spacial score (nSPS) is 27.6. The van der Waals surface area contributed by atoms with Crippen molar-refractivity contribution < 1.29 is 9.53 Å². The van der Waals surface area contributed by atoms with Gasteiger partial charge in [-0.15, -0.1) is 0 Å². The van der Waals surface area contributed by atoms with Crippen LogP contribution in [0.2, 0.25) is 0 Å². The summed E-state index contributed by atoms with van der Waals surface area (Å²) in [6.07, 6.45) is 0. The van der Waals surface area contributed by atoms with Crippen molar-refractivity contribution in [1.82, 2.24) is 15.1 Å². The first-order valence-electron chi connectivity index (χ1n) is 7.20. The lowest BCUT2D eigenvalue weighted by atomic mass is 9.90. The van der Waals surface area contributed by atoms with Crippen LogP contribution < -0.4 is 5.32 Å². The first-order valence-corrected chi connectivity index (χ1v) is 7.20. The first kappa shape index (κ1) is 14.8. The molecule has 0 aromatic heterocycles. The van der Waals surface area contributed by atoms with Gasteiger partial charge in [0.2, 0.25) is 5.91 Å². The molecule has 0 unspecified atom stereocenters. The third kappa shape index (κ3) is 3.27. The number of morpholine rings is 1. The molecule has 0 radical (unpaired) electrons. The fourth-order valence-corrected chi connectivity index (χ4v) is 2.69. The van der Waals surface area contributed by atoms with Crippen molar-refractivity contribution in [2.24, 2.45) is 0 Å². The molecule has 2 fully saturated rings. The van der Waals surface area contributed by atoms with Crippen molar-refractivity contribution in [2.45, 2.75) is 38.8 Å². The number of carbonyl (C=O) groups excluding carboxylic acids is 1. The van der Waals surface area contributed by atoms with E-state index in [0.717, 1.165) is 45.9 Å². The second-order valence-electron chi connectivity index (χ2n) is 6.70. The highest BCUT2D eigenvalue weighted by Crippen LogP contribution is 2.24. The van der Waals surface area contributed by atoms with Crippen molar-refractivity contribution in [3.8, 4) is 0 Å². The van der Waals surface area contributed by atoms with Gasteiger partial charge in [0.15, 0.2) is 0 Å². The minimum absolute atomic E-state index is 0.112. The number of rotatable bonds is 3. The molecule has 1 N–H and O–H groups in total. The molecule has 0 aliphatic carbocycles. The van der Waals surface area contributed by atoms with Crippen molar-refractivity contribution in [3.05, 3.63) is 0 Å². The minimum atomic E-state index is -0.444. The van der Waals surface area contributed by atoms with E-state index < -0.39 is 5.54 Å². The zero-order valence-electron chi connectivity index (χ0n) is 12.7. The van der Waals surface area contributed by atoms with Gasteiger partial charge in [-0.05, 0) is 27.7 Å². The van der Waals surface area contributed by atoms with Crippen molar-refractivity contribution in [3.63, 3.8) is 0 Å². The van der Waals surface area contributed by atoms with E-state index in [1.54, 1.807) is 0 Å². The van der Waals surface area contributed by atoms with E-state index in [1.165, 1.54) is 0 Å². The molecule has 110 valence electrons. The molecule has 0 saturated carbocycles. The maximum atomic E-state index is 12.6. The average Bonchev–Trinajstić information content (AvgIpc) is 2.36. The van der Waals surface area contributed by atoms with Gasteiger partial charge >= 0.3 is 0 Å². The Labute approximate surface area is 116 Å². The van der Waals surface area contributed by atoms with Gasteiger partial charge in [0.25, 0.3) is 0 Å². The number of nitrogens with one attached hydrogen (secondary N) is 1. The van der Waals surface area contributed by atoms with Crippen molar-refractivity contribution >= 4 is 5.91 Å². The Hall–Kier alpha value is -0.650. The minimum Gasteiger partial charge on any atom is -0.379 e. The number of carbonyl (C=O) groups is 1. The van der Waals surface area contributed by atoms with E-state index in [9.17, 15) is 4.79 Å². The fourth-order valence-electron chi connectivity index (χ4n) is 2.69. The predicted octanol–water partition coefficient (Wildman–Crippen LogP) is 0.308. The van der Waals surface area contributed by atoms with Gasteiger partial charge in [0, 0.05) is 38.3 Å². The summed E-state index contributed by atoms with van der Waals surface area (Å²) >= 11 is 0. The van der Waals surface area contributed by atoms with E-state index in [2.05, 4.69) is 24.1 Å². The van der Waals surface area contributed by atoms with Gasteiger partial charge in [0.05, 0.1) is 18.8 Å². The standard InChI is InChI=1S/C14H27N3O2/c1-13(2)11-15-14(3,4)12(18)17(13)6-5-16-7-9-19-10-8-16/h15H,5-11H2,1-4H3. The number of nitrogens with zero attached hydrogens (tertiary/aromatic N) is 2. The maximum absolute atomic E-state index is 12.6. The Morgan fingerprint density at radius 2 is 1.79 bits per heavy atom. The Balaban J connectivity index is 1.96. The molecule has 2 rings (SSSR count). The molecule has 1 amide bonds. The molecule has 0 aromatic carbocycles. The van der Waals surface area contributed by atoms with Crippen LogP contribution in [0.5, 0.6) is 0 Å². The largest absolute Gasteiger partial charge is 0.379 e. The SMILES string of the molecule is CC1(C)NCC(C)(C)N(CCN2CCOCC2)C1=O. The van der Waals surface area contributed by atoms with Crippen molar-refractivity contribution in [2.75, 3.05) is 45.9 Å². The van der Waals surface area contributed by atoms with Gasteiger partial charge in [-0.2, -0.15) is 0 Å². The van der Waals surface area contributed by atoms with Crippen LogP contribution in [-0.4, -0.2) is 72.7 Å². The van der Waals surface area contributed by atoms with Gasteiger partial charge in [-0.3, -0.25) is 9.69 Å². The summed E-state index contributed by atoms with van der Waals surface area (Å²) in [5, 5.41) is 3.34. The van der Waals surface area contributed by atoms with Gasteiger partial charge < -0.3 is 15.0 Å². The maximum Gasteiger partial charge on any atom is 0.242 e. The van der Waals surface area contributed by atoms with Gasteiger partial charge in [-0.25, -0.2) is 0 Å². The summed E-state index contributed by atoms with van der Waals surface area (Å²) in [6.45, 7) is 14.3. The van der Waals surface area contributed by atoms with Crippen LogP contribution in [0.15, 0.2) is 0 Å². The molecule has 0 atom stereocenters. The van der Waals surface area contributed by atoms with Crippen LogP contribution >= 0.6 is 0 Å². The Morgan fingerprint density at radius 1 is 1.16 bits per heavy atom. The molecule has 2 aliphatic heterocycles. The molecular weight excluding hydrogens is 242 g/mol. The highest BCUT2D eigenvalue weighted by atomic mass is 16.5. The third-order valence-corrected chi connectivity index (χ3v) is 4.22. The molecule has 0 bridgehead atoms. The lowest BCUT2D eigenvalue weighted by molar-refractivity contribution is -0.148. The molecule has 5 heteroatoms. The smallest absolute Gasteiger partial charge is 0.242 e. The molecule has 2 heterocycles. The number of piperazine rings is 1. The van der Waals surface area contributed by atoms with Crippen LogP contribution in [0.4, 0.5) is 0 Å². The summed E-state index contributed by atoms with van der Waals surface area (Å²) in [7, 11) is 0. The quantitative estimate of drug-likeness (QED) is 0.801. The lowest BCUT2D eigenvalue weighted by Gasteiger charge is -2.49. The topological polar surface area (TPSA) is 44.8 Å². The fraction of sp³-hybridized carbons (Fsp3) is 0.929. The Bertz CT molecular complexity index is 336. The van der Waals surface area contributed by atoms with Crippen LogP contribution in [0.1, 0.15) is 27.7 Å². The monoisotopic (exact) mass is 269 g/mol. The number of amides is 1. The molecular formula is C14H27N3O2. The first-order chi connectivity index (χ1) is 8.83. The van der Waals surface area contributed by atoms with Crippen molar-refractivity contribution in [1.29, 1.82) is 0 Å². The van der Waals surface area contributed by atoms with Gasteiger partial charge in [0.1, 0.15) is 0 Å². The molecule has 2 aliphatic rings. The molecule has 5 nitrogen and oxygen atoms in total. The second-order valence-corrected chi connectivity index (χ2v) is 6.70. The molecule has 2 saturated heterocycles. The summed E-state index contributed by atoms with van der Waals surface area (Å²) in [5.41, 5.74) is -0.556. The molecule has 19 heavy (non-hydrogen) atoms. The van der Waals surface area contributed by atoms with Crippen LogP contribution in [0.25, 0.3) is 0 Å².